The Kier molecular flexibility index (Phi) is 4.58. The summed E-state index contributed by atoms with van der Waals surface area (Å²) < 4.78 is 1.89. The molecular formula is C17H18N4O3S2. The largest absolute Gasteiger partial charge is 0.338 e. The zero-order valence-electron chi connectivity index (χ0n) is 14.3. The topological polar surface area (TPSA) is 75.5 Å². The maximum atomic E-state index is 12.9. The molecule has 2 aromatic heterocycles. The van der Waals surface area contributed by atoms with Gasteiger partial charge in [0.25, 0.3) is 11.1 Å². The van der Waals surface area contributed by atoms with Crippen molar-refractivity contribution in [1.82, 2.24) is 19.4 Å². The molecule has 0 bridgehead atoms. The number of nitrogens with zero attached hydrogens (tertiary/aromatic N) is 4. The van der Waals surface area contributed by atoms with Crippen LogP contribution in [0.1, 0.15) is 28.2 Å². The molecule has 7 nitrogen and oxygen atoms in total. The fraction of sp³-hybridized carbons (Fsp3) is 0.412. The number of hydrogen-bond donors (Lipinski definition) is 0. The summed E-state index contributed by atoms with van der Waals surface area (Å²) in [6.45, 7) is 2.94. The van der Waals surface area contributed by atoms with Crippen LogP contribution in [-0.2, 0) is 4.79 Å². The number of thioether (sulfide) groups is 1. The number of imide groups is 1. The lowest BCUT2D eigenvalue weighted by Crippen LogP contribution is -2.48. The van der Waals surface area contributed by atoms with E-state index in [0.717, 1.165) is 22.6 Å². The van der Waals surface area contributed by atoms with Crippen molar-refractivity contribution in [3.05, 3.63) is 35.1 Å². The number of thiazole rings is 1. The van der Waals surface area contributed by atoms with Crippen LogP contribution in [0.5, 0.6) is 0 Å². The SMILES string of the molecule is Cc1nc(-n2cccc2)sc1C(=O)N1CCC(N2C(=O)CSC2=O)CC1. The van der Waals surface area contributed by atoms with E-state index in [9.17, 15) is 14.4 Å². The molecule has 4 heterocycles. The Labute approximate surface area is 159 Å². The van der Waals surface area contributed by atoms with E-state index in [1.54, 1.807) is 4.90 Å². The minimum Gasteiger partial charge on any atom is -0.338 e. The lowest BCUT2D eigenvalue weighted by atomic mass is 10.0. The fourth-order valence-corrected chi connectivity index (χ4v) is 5.12. The van der Waals surface area contributed by atoms with E-state index >= 15 is 0 Å². The molecule has 2 aliphatic heterocycles. The van der Waals surface area contributed by atoms with Gasteiger partial charge in [0.05, 0.1) is 11.4 Å². The Hall–Kier alpha value is -2.13. The van der Waals surface area contributed by atoms with Crippen molar-refractivity contribution >= 4 is 40.2 Å². The van der Waals surface area contributed by atoms with E-state index < -0.39 is 0 Å². The number of hydrogen-bond acceptors (Lipinski definition) is 6. The molecule has 4 rings (SSSR count). The van der Waals surface area contributed by atoms with Gasteiger partial charge in [0.1, 0.15) is 4.88 Å². The van der Waals surface area contributed by atoms with E-state index in [2.05, 4.69) is 4.98 Å². The Morgan fingerprint density at radius 3 is 2.50 bits per heavy atom. The van der Waals surface area contributed by atoms with Crippen molar-refractivity contribution in [1.29, 1.82) is 0 Å². The maximum absolute atomic E-state index is 12.9. The smallest absolute Gasteiger partial charge is 0.289 e. The van der Waals surface area contributed by atoms with Gasteiger partial charge in [0, 0.05) is 31.5 Å². The normalized spacial score (nSPS) is 18.8. The van der Waals surface area contributed by atoms with Gasteiger partial charge in [-0.25, -0.2) is 4.98 Å². The van der Waals surface area contributed by atoms with E-state index in [0.29, 0.717) is 30.8 Å². The summed E-state index contributed by atoms with van der Waals surface area (Å²) in [5, 5.41) is 0.616. The molecule has 0 aromatic carbocycles. The molecule has 0 unspecified atom stereocenters. The van der Waals surface area contributed by atoms with Crippen molar-refractivity contribution in [3.8, 4) is 5.13 Å². The highest BCUT2D eigenvalue weighted by molar-refractivity contribution is 8.14. The second-order valence-electron chi connectivity index (χ2n) is 6.34. The molecule has 2 fully saturated rings. The third-order valence-electron chi connectivity index (χ3n) is 4.71. The van der Waals surface area contributed by atoms with E-state index in [1.807, 2.05) is 36.0 Å². The summed E-state index contributed by atoms with van der Waals surface area (Å²) in [4.78, 5) is 45.0. The summed E-state index contributed by atoms with van der Waals surface area (Å²) in [6.07, 6.45) is 5.07. The standard InChI is InChI=1S/C17H18N4O3S2/c1-11-14(26-16(18-11)20-6-2-3-7-20)15(23)19-8-4-12(5-9-19)21-13(22)10-25-17(21)24/h2-3,6-7,12H,4-5,8-10H2,1H3. The van der Waals surface area contributed by atoms with Gasteiger partial charge in [-0.3, -0.25) is 19.3 Å². The van der Waals surface area contributed by atoms with Crippen LogP contribution in [0.4, 0.5) is 4.79 Å². The van der Waals surface area contributed by atoms with Crippen LogP contribution < -0.4 is 0 Å². The van der Waals surface area contributed by atoms with Gasteiger partial charge < -0.3 is 9.47 Å². The van der Waals surface area contributed by atoms with Gasteiger partial charge in [-0.15, -0.1) is 0 Å². The number of carbonyl (C=O) groups excluding carboxylic acids is 3. The molecule has 0 N–H and O–H groups in total. The summed E-state index contributed by atoms with van der Waals surface area (Å²) in [7, 11) is 0. The molecule has 9 heteroatoms. The average Bonchev–Trinajstić information content (AvgIpc) is 3.36. The van der Waals surface area contributed by atoms with Gasteiger partial charge in [0.2, 0.25) is 5.91 Å². The molecule has 26 heavy (non-hydrogen) atoms. The first-order chi connectivity index (χ1) is 12.5. The third-order valence-corrected chi connectivity index (χ3v) is 6.70. The highest BCUT2D eigenvalue weighted by atomic mass is 32.2. The summed E-state index contributed by atoms with van der Waals surface area (Å²) in [5.74, 6) is 0.102. The summed E-state index contributed by atoms with van der Waals surface area (Å²) in [5.41, 5.74) is 0.729. The number of likely N-dealkylation sites (tertiary alicyclic amines) is 1. The highest BCUT2D eigenvalue weighted by Gasteiger charge is 2.38. The van der Waals surface area contributed by atoms with Gasteiger partial charge in [-0.05, 0) is 31.9 Å². The first-order valence-electron chi connectivity index (χ1n) is 8.43. The summed E-state index contributed by atoms with van der Waals surface area (Å²) >= 11 is 2.45. The molecular weight excluding hydrogens is 372 g/mol. The zero-order chi connectivity index (χ0) is 18.3. The van der Waals surface area contributed by atoms with Gasteiger partial charge in [0.15, 0.2) is 5.13 Å². The lowest BCUT2D eigenvalue weighted by molar-refractivity contribution is -0.126. The van der Waals surface area contributed by atoms with Crippen molar-refractivity contribution in [2.75, 3.05) is 18.8 Å². The van der Waals surface area contributed by atoms with Crippen LogP contribution in [-0.4, -0.2) is 61.3 Å². The second kappa shape index (κ2) is 6.88. The first kappa shape index (κ1) is 17.3. The molecule has 0 saturated carbocycles. The molecule has 0 radical (unpaired) electrons. The van der Waals surface area contributed by atoms with Crippen LogP contribution in [0.3, 0.4) is 0 Å². The maximum Gasteiger partial charge on any atom is 0.289 e. The number of amides is 3. The van der Waals surface area contributed by atoms with E-state index in [-0.39, 0.29) is 28.8 Å². The Bertz CT molecular complexity index is 837. The Morgan fingerprint density at radius 1 is 1.19 bits per heavy atom. The van der Waals surface area contributed by atoms with Crippen LogP contribution >= 0.6 is 23.1 Å². The number of carbonyl (C=O) groups is 3. The van der Waals surface area contributed by atoms with Gasteiger partial charge in [-0.2, -0.15) is 0 Å². The van der Waals surface area contributed by atoms with Gasteiger partial charge in [-0.1, -0.05) is 23.1 Å². The quantitative estimate of drug-likeness (QED) is 0.805. The predicted octanol–water partition coefficient (Wildman–Crippen LogP) is 2.54. The predicted molar refractivity (Wildman–Crippen MR) is 99.8 cm³/mol. The molecule has 0 spiro atoms. The summed E-state index contributed by atoms with van der Waals surface area (Å²) in [6, 6.07) is 3.75. The van der Waals surface area contributed by atoms with Crippen LogP contribution in [0.15, 0.2) is 24.5 Å². The average molecular weight is 390 g/mol. The second-order valence-corrected chi connectivity index (χ2v) is 8.25. The lowest BCUT2D eigenvalue weighted by Gasteiger charge is -2.35. The van der Waals surface area contributed by atoms with Crippen molar-refractivity contribution in [2.45, 2.75) is 25.8 Å². The third kappa shape index (κ3) is 3.05. The zero-order valence-corrected chi connectivity index (χ0v) is 15.9. The van der Waals surface area contributed by atoms with Crippen molar-refractivity contribution in [2.24, 2.45) is 0 Å². The molecule has 136 valence electrons. The molecule has 2 saturated heterocycles. The minimum absolute atomic E-state index is 0.0229. The number of aromatic nitrogens is 2. The van der Waals surface area contributed by atoms with Crippen LogP contribution in [0.25, 0.3) is 5.13 Å². The fourth-order valence-electron chi connectivity index (χ4n) is 3.34. The van der Waals surface area contributed by atoms with Crippen LogP contribution in [0, 0.1) is 6.92 Å². The van der Waals surface area contributed by atoms with Crippen molar-refractivity contribution < 1.29 is 14.4 Å². The first-order valence-corrected chi connectivity index (χ1v) is 10.2. The van der Waals surface area contributed by atoms with E-state index in [4.69, 9.17) is 0 Å². The molecule has 2 aliphatic rings. The molecule has 2 aromatic rings. The minimum atomic E-state index is -0.158. The van der Waals surface area contributed by atoms with Crippen molar-refractivity contribution in [3.63, 3.8) is 0 Å². The Morgan fingerprint density at radius 2 is 1.88 bits per heavy atom. The number of aryl methyl sites for hydroxylation is 1. The molecule has 3 amide bonds. The number of rotatable bonds is 3. The van der Waals surface area contributed by atoms with Gasteiger partial charge >= 0.3 is 0 Å². The molecule has 0 aliphatic carbocycles. The van der Waals surface area contributed by atoms with Crippen LogP contribution in [0.2, 0.25) is 0 Å². The molecule has 0 atom stereocenters. The number of piperidine rings is 1. The monoisotopic (exact) mass is 390 g/mol. The van der Waals surface area contributed by atoms with E-state index in [1.165, 1.54) is 16.2 Å². The Balaban J connectivity index is 1.44. The highest BCUT2D eigenvalue weighted by Crippen LogP contribution is 2.29.